The molecule has 0 unspecified atom stereocenters. The van der Waals surface area contributed by atoms with Gasteiger partial charge in [0.05, 0.1) is 6.61 Å². The fraction of sp³-hybridized carbons (Fsp3) is 0.714. The zero-order valence-electron chi connectivity index (χ0n) is 15.9. The molecule has 0 aromatic heterocycles. The Balaban J connectivity index is 2.34. The quantitative estimate of drug-likeness (QED) is 0.515. The number of benzene rings is 1. The molecular weight excluding hydrogens is 284 g/mol. The number of hydrogen-bond donors (Lipinski definition) is 1. The van der Waals surface area contributed by atoms with Crippen molar-refractivity contribution >= 4 is 0 Å². The van der Waals surface area contributed by atoms with Crippen molar-refractivity contribution in [2.45, 2.75) is 91.6 Å². The Bertz CT molecular complexity index is 458. The van der Waals surface area contributed by atoms with E-state index in [0.717, 1.165) is 29.7 Å². The van der Waals surface area contributed by atoms with Crippen LogP contribution in [0.4, 0.5) is 0 Å². The fourth-order valence-corrected chi connectivity index (χ4v) is 2.86. The first-order valence-corrected chi connectivity index (χ1v) is 9.27. The predicted molar refractivity (Wildman–Crippen MR) is 99.2 cm³/mol. The molecule has 0 fully saturated rings. The Morgan fingerprint density at radius 2 is 1.57 bits per heavy atom. The molecule has 132 valence electrons. The van der Waals surface area contributed by atoms with Gasteiger partial charge in [0.25, 0.3) is 0 Å². The van der Waals surface area contributed by atoms with Gasteiger partial charge >= 0.3 is 0 Å². The van der Waals surface area contributed by atoms with Crippen LogP contribution in [0.15, 0.2) is 12.1 Å². The van der Waals surface area contributed by atoms with Gasteiger partial charge in [-0.25, -0.2) is 0 Å². The molecule has 0 saturated carbocycles. The van der Waals surface area contributed by atoms with Crippen molar-refractivity contribution in [3.63, 3.8) is 0 Å². The van der Waals surface area contributed by atoms with Crippen LogP contribution in [-0.4, -0.2) is 11.7 Å². The lowest BCUT2D eigenvalue weighted by atomic mass is 9.84. The molecule has 1 N–H and O–H groups in total. The molecule has 23 heavy (non-hydrogen) atoms. The maximum absolute atomic E-state index is 10.2. The molecule has 0 aliphatic rings. The number of ether oxygens (including phenoxy) is 1. The van der Waals surface area contributed by atoms with E-state index in [1.807, 2.05) is 13.0 Å². The van der Waals surface area contributed by atoms with Crippen molar-refractivity contribution in [3.05, 3.63) is 28.8 Å². The monoisotopic (exact) mass is 320 g/mol. The molecule has 1 aromatic carbocycles. The highest BCUT2D eigenvalue weighted by atomic mass is 16.5. The summed E-state index contributed by atoms with van der Waals surface area (Å²) >= 11 is 0. The second kappa shape index (κ2) is 9.97. The zero-order valence-corrected chi connectivity index (χ0v) is 15.9. The van der Waals surface area contributed by atoms with E-state index in [1.54, 1.807) is 0 Å². The smallest absolute Gasteiger partial charge is 0.122 e. The van der Waals surface area contributed by atoms with Gasteiger partial charge in [-0.15, -0.1) is 0 Å². The normalized spacial score (nSPS) is 11.9. The summed E-state index contributed by atoms with van der Waals surface area (Å²) in [5.74, 6) is 0.424. The summed E-state index contributed by atoms with van der Waals surface area (Å²) < 4.78 is 5.83. The first kappa shape index (κ1) is 20.0. The van der Waals surface area contributed by atoms with Crippen LogP contribution >= 0.6 is 0 Å². The third kappa shape index (κ3) is 7.39. The number of hydrogen-bond acceptors (Lipinski definition) is 2. The Kier molecular flexibility index (Phi) is 8.68. The predicted octanol–water partition coefficient (Wildman–Crippen LogP) is 6.27. The van der Waals surface area contributed by atoms with Gasteiger partial charge in [-0.3, -0.25) is 0 Å². The van der Waals surface area contributed by atoms with Gasteiger partial charge in [0.2, 0.25) is 0 Å². The molecule has 0 atom stereocenters. The molecule has 0 radical (unpaired) electrons. The lowest BCUT2D eigenvalue weighted by Gasteiger charge is -2.22. The van der Waals surface area contributed by atoms with Crippen LogP contribution in [0.25, 0.3) is 0 Å². The molecule has 0 saturated heterocycles. The van der Waals surface area contributed by atoms with E-state index in [1.165, 1.54) is 38.5 Å². The van der Waals surface area contributed by atoms with E-state index in [9.17, 15) is 5.11 Å². The molecule has 2 heteroatoms. The van der Waals surface area contributed by atoms with Gasteiger partial charge in [0, 0.05) is 6.61 Å². The summed E-state index contributed by atoms with van der Waals surface area (Å²) in [7, 11) is 0. The molecule has 0 spiro atoms. The van der Waals surface area contributed by atoms with Crippen molar-refractivity contribution in [3.8, 4) is 5.75 Å². The molecule has 0 aliphatic heterocycles. The molecule has 1 rings (SSSR count). The van der Waals surface area contributed by atoms with E-state index in [4.69, 9.17) is 4.74 Å². The molecular formula is C21H36O2. The summed E-state index contributed by atoms with van der Waals surface area (Å²) in [6, 6.07) is 4.13. The van der Waals surface area contributed by atoms with Crippen molar-refractivity contribution in [1.82, 2.24) is 0 Å². The van der Waals surface area contributed by atoms with Crippen LogP contribution in [0, 0.1) is 6.92 Å². The Morgan fingerprint density at radius 1 is 0.957 bits per heavy atom. The number of rotatable bonds is 10. The Labute approximate surface area is 143 Å². The molecule has 0 heterocycles. The maximum Gasteiger partial charge on any atom is 0.122 e. The van der Waals surface area contributed by atoms with Crippen LogP contribution < -0.4 is 0 Å². The molecule has 0 aliphatic carbocycles. The van der Waals surface area contributed by atoms with Crippen molar-refractivity contribution in [2.24, 2.45) is 0 Å². The third-order valence-electron chi connectivity index (χ3n) is 4.33. The zero-order chi connectivity index (χ0) is 17.3. The second-order valence-corrected chi connectivity index (χ2v) is 7.73. The lowest BCUT2D eigenvalue weighted by Crippen LogP contribution is -2.12. The highest BCUT2D eigenvalue weighted by molar-refractivity contribution is 5.46. The minimum absolute atomic E-state index is 0.0522. The average Bonchev–Trinajstić information content (AvgIpc) is 2.47. The summed E-state index contributed by atoms with van der Waals surface area (Å²) in [5.41, 5.74) is 3.05. The number of phenolic OH excluding ortho intramolecular Hbond substituents is 1. The van der Waals surface area contributed by atoms with E-state index >= 15 is 0 Å². The first-order chi connectivity index (χ1) is 10.9. The minimum atomic E-state index is -0.0522. The maximum atomic E-state index is 10.2. The van der Waals surface area contributed by atoms with Gasteiger partial charge < -0.3 is 9.84 Å². The van der Waals surface area contributed by atoms with Gasteiger partial charge in [0.15, 0.2) is 0 Å². The number of unbranched alkanes of at least 4 members (excludes halogenated alkanes) is 6. The van der Waals surface area contributed by atoms with Gasteiger partial charge in [0.1, 0.15) is 5.75 Å². The van der Waals surface area contributed by atoms with E-state index < -0.39 is 0 Å². The number of phenols is 1. The van der Waals surface area contributed by atoms with Gasteiger partial charge in [-0.2, -0.15) is 0 Å². The summed E-state index contributed by atoms with van der Waals surface area (Å²) in [4.78, 5) is 0. The first-order valence-electron chi connectivity index (χ1n) is 9.27. The Morgan fingerprint density at radius 3 is 2.17 bits per heavy atom. The van der Waals surface area contributed by atoms with Crippen molar-refractivity contribution in [1.29, 1.82) is 0 Å². The second-order valence-electron chi connectivity index (χ2n) is 7.73. The van der Waals surface area contributed by atoms with Crippen LogP contribution in [0.1, 0.15) is 89.3 Å². The van der Waals surface area contributed by atoms with E-state index in [2.05, 4.69) is 33.8 Å². The molecule has 2 nitrogen and oxygen atoms in total. The molecule has 1 aromatic rings. The highest BCUT2D eigenvalue weighted by Crippen LogP contribution is 2.34. The SMILES string of the molecule is CCCCCCCCCOCc1cc(C)c(O)c(C(C)(C)C)c1. The summed E-state index contributed by atoms with van der Waals surface area (Å²) in [6.07, 6.45) is 9.16. The minimum Gasteiger partial charge on any atom is -0.507 e. The van der Waals surface area contributed by atoms with Crippen LogP contribution in [0.5, 0.6) is 5.75 Å². The standard InChI is InChI=1S/C21H36O2/c1-6-7-8-9-10-11-12-13-23-16-18-14-17(2)20(22)19(15-18)21(3,4)5/h14-15,22H,6-13,16H2,1-5H3. The summed E-state index contributed by atoms with van der Waals surface area (Å²) in [5, 5.41) is 10.2. The largest absolute Gasteiger partial charge is 0.507 e. The van der Waals surface area contributed by atoms with E-state index in [-0.39, 0.29) is 5.41 Å². The fourth-order valence-electron chi connectivity index (χ4n) is 2.86. The van der Waals surface area contributed by atoms with Gasteiger partial charge in [-0.1, -0.05) is 72.3 Å². The van der Waals surface area contributed by atoms with E-state index in [0.29, 0.717) is 12.4 Å². The topological polar surface area (TPSA) is 29.5 Å². The van der Waals surface area contributed by atoms with Gasteiger partial charge in [-0.05, 0) is 41.5 Å². The molecule has 0 amide bonds. The van der Waals surface area contributed by atoms with Crippen molar-refractivity contribution < 1.29 is 9.84 Å². The summed E-state index contributed by atoms with van der Waals surface area (Å²) in [6.45, 7) is 12.1. The third-order valence-corrected chi connectivity index (χ3v) is 4.33. The van der Waals surface area contributed by atoms with Crippen molar-refractivity contribution in [2.75, 3.05) is 6.61 Å². The average molecular weight is 321 g/mol. The lowest BCUT2D eigenvalue weighted by molar-refractivity contribution is 0.116. The Hall–Kier alpha value is -1.02. The van der Waals surface area contributed by atoms with Crippen LogP contribution in [-0.2, 0) is 16.8 Å². The van der Waals surface area contributed by atoms with Crippen LogP contribution in [0.2, 0.25) is 0 Å². The number of aryl methyl sites for hydroxylation is 1. The molecule has 0 bridgehead atoms. The highest BCUT2D eigenvalue weighted by Gasteiger charge is 2.20. The van der Waals surface area contributed by atoms with Crippen LogP contribution in [0.3, 0.4) is 0 Å². The number of aromatic hydroxyl groups is 1.